The number of benzene rings is 2. The minimum Gasteiger partial charge on any atom is -0.353 e. The van der Waals surface area contributed by atoms with Gasteiger partial charge in [0, 0.05) is 55.6 Å². The highest BCUT2D eigenvalue weighted by Crippen LogP contribution is 2.26. The first kappa shape index (κ1) is 23.6. The van der Waals surface area contributed by atoms with Crippen LogP contribution in [0.3, 0.4) is 0 Å². The largest absolute Gasteiger partial charge is 0.353 e. The van der Waals surface area contributed by atoms with E-state index in [9.17, 15) is 13.6 Å². The van der Waals surface area contributed by atoms with E-state index < -0.39 is 11.6 Å². The van der Waals surface area contributed by atoms with Crippen LogP contribution in [0.25, 0.3) is 0 Å². The van der Waals surface area contributed by atoms with Crippen LogP contribution >= 0.6 is 0 Å². The van der Waals surface area contributed by atoms with Crippen molar-refractivity contribution in [2.75, 3.05) is 36.4 Å². The Bertz CT molecular complexity index is 1170. The lowest BCUT2D eigenvalue weighted by molar-refractivity contribution is 0.208. The van der Waals surface area contributed by atoms with Crippen LogP contribution in [0.1, 0.15) is 35.1 Å². The number of anilines is 2. The number of nitrogens with one attached hydrogen (secondary N) is 1. The molecule has 0 bridgehead atoms. The molecule has 34 heavy (non-hydrogen) atoms. The predicted molar refractivity (Wildman–Crippen MR) is 129 cm³/mol. The van der Waals surface area contributed by atoms with E-state index in [1.807, 2.05) is 6.92 Å². The number of carbonyl (C=O) groups is 1. The van der Waals surface area contributed by atoms with Gasteiger partial charge in [-0.15, -0.1) is 0 Å². The summed E-state index contributed by atoms with van der Waals surface area (Å²) in [6.07, 6.45) is 1.56. The number of piperazine rings is 1. The number of hydrogen-bond acceptors (Lipinski definition) is 4. The molecule has 0 spiro atoms. The molecule has 0 unspecified atom stereocenters. The normalized spacial score (nSPS) is 13.8. The zero-order chi connectivity index (χ0) is 24.2. The lowest BCUT2D eigenvalue weighted by Gasteiger charge is -2.36. The average molecular weight is 466 g/mol. The Labute approximate surface area is 198 Å². The molecule has 2 amide bonds. The predicted octanol–water partition coefficient (Wildman–Crippen LogP) is 4.88. The van der Waals surface area contributed by atoms with Crippen LogP contribution in [0.2, 0.25) is 0 Å². The van der Waals surface area contributed by atoms with Gasteiger partial charge in [0.25, 0.3) is 0 Å². The average Bonchev–Trinajstić information content (AvgIpc) is 2.83. The van der Waals surface area contributed by atoms with Gasteiger partial charge < -0.3 is 15.1 Å². The third kappa shape index (κ3) is 5.32. The highest BCUT2D eigenvalue weighted by molar-refractivity contribution is 5.89. The van der Waals surface area contributed by atoms with E-state index in [2.05, 4.69) is 48.3 Å². The molecule has 6 nitrogen and oxygen atoms in total. The minimum atomic E-state index is -0.991. The topological polar surface area (TPSA) is 61.4 Å². The molecule has 0 radical (unpaired) electrons. The number of urea groups is 1. The molecular weight excluding hydrogens is 436 g/mol. The van der Waals surface area contributed by atoms with Crippen molar-refractivity contribution in [2.24, 2.45) is 0 Å². The van der Waals surface area contributed by atoms with Crippen molar-refractivity contribution in [3.8, 4) is 0 Å². The Hall–Kier alpha value is -3.55. The summed E-state index contributed by atoms with van der Waals surface area (Å²) in [6.45, 7) is 8.30. The van der Waals surface area contributed by atoms with E-state index in [0.29, 0.717) is 26.2 Å². The summed E-state index contributed by atoms with van der Waals surface area (Å²) in [4.78, 5) is 26.0. The van der Waals surface area contributed by atoms with Crippen molar-refractivity contribution < 1.29 is 13.6 Å². The van der Waals surface area contributed by atoms with Crippen LogP contribution in [0.4, 0.5) is 25.1 Å². The van der Waals surface area contributed by atoms with Crippen molar-refractivity contribution in [2.45, 2.75) is 33.6 Å². The van der Waals surface area contributed by atoms with E-state index in [1.54, 1.807) is 4.90 Å². The summed E-state index contributed by atoms with van der Waals surface area (Å²) in [5, 5.41) is 2.65. The number of nitrogens with zero attached hydrogens (tertiary/aromatic N) is 4. The molecule has 1 N–H and O–H groups in total. The molecule has 0 atom stereocenters. The first-order valence-electron chi connectivity index (χ1n) is 11.5. The van der Waals surface area contributed by atoms with E-state index in [1.165, 1.54) is 17.2 Å². The summed E-state index contributed by atoms with van der Waals surface area (Å²) in [5.41, 5.74) is 4.82. The van der Waals surface area contributed by atoms with Crippen molar-refractivity contribution in [3.05, 3.63) is 82.3 Å². The van der Waals surface area contributed by atoms with Crippen molar-refractivity contribution in [3.63, 3.8) is 0 Å². The Morgan fingerprint density at radius 2 is 1.68 bits per heavy atom. The second-order valence-corrected chi connectivity index (χ2v) is 8.57. The van der Waals surface area contributed by atoms with Crippen molar-refractivity contribution >= 4 is 17.5 Å². The van der Waals surface area contributed by atoms with Crippen molar-refractivity contribution in [1.82, 2.24) is 14.9 Å². The number of halogens is 2. The fourth-order valence-electron chi connectivity index (χ4n) is 4.18. The molecule has 1 fully saturated rings. The standard InChI is InChI=1S/C26H29F2N5O/c1-4-24-21(15-19-7-5-17(2)6-8-19)25(30-18(3)29-24)32-11-13-33(14-12-32)26(34)31-20-9-10-22(27)23(28)16-20/h5-10,16H,4,11-15H2,1-3H3,(H,31,34). The maximum absolute atomic E-state index is 13.5. The zero-order valence-electron chi connectivity index (χ0n) is 19.7. The second kappa shape index (κ2) is 10.2. The Morgan fingerprint density at radius 1 is 0.971 bits per heavy atom. The van der Waals surface area contributed by atoms with Crippen LogP contribution in [0, 0.1) is 25.5 Å². The smallest absolute Gasteiger partial charge is 0.321 e. The SMILES string of the molecule is CCc1nc(C)nc(N2CCN(C(=O)Nc3ccc(F)c(F)c3)CC2)c1Cc1ccc(C)cc1. The van der Waals surface area contributed by atoms with E-state index in [-0.39, 0.29) is 11.7 Å². The molecular formula is C26H29F2N5O. The zero-order valence-corrected chi connectivity index (χ0v) is 19.7. The monoisotopic (exact) mass is 465 g/mol. The molecule has 1 aromatic heterocycles. The Morgan fingerprint density at radius 3 is 2.32 bits per heavy atom. The Balaban J connectivity index is 1.48. The Kier molecular flexibility index (Phi) is 7.05. The molecule has 2 heterocycles. The molecule has 4 rings (SSSR count). The third-order valence-corrected chi connectivity index (χ3v) is 6.06. The van der Waals surface area contributed by atoms with Gasteiger partial charge in [-0.25, -0.2) is 23.5 Å². The molecule has 1 aliphatic heterocycles. The maximum Gasteiger partial charge on any atom is 0.321 e. The first-order valence-corrected chi connectivity index (χ1v) is 11.5. The van der Waals surface area contributed by atoms with E-state index in [0.717, 1.165) is 47.9 Å². The number of aryl methyl sites for hydroxylation is 3. The molecule has 1 aliphatic rings. The van der Waals surface area contributed by atoms with Gasteiger partial charge in [0.05, 0.1) is 0 Å². The minimum absolute atomic E-state index is 0.228. The number of amides is 2. The fourth-order valence-corrected chi connectivity index (χ4v) is 4.18. The van der Waals surface area contributed by atoms with E-state index in [4.69, 9.17) is 9.97 Å². The van der Waals surface area contributed by atoms with Gasteiger partial charge in [-0.1, -0.05) is 36.8 Å². The van der Waals surface area contributed by atoms with Crippen LogP contribution in [-0.2, 0) is 12.8 Å². The molecule has 0 aliphatic carbocycles. The van der Waals surface area contributed by atoms with Gasteiger partial charge in [0.15, 0.2) is 11.6 Å². The quantitative estimate of drug-likeness (QED) is 0.584. The van der Waals surface area contributed by atoms with E-state index >= 15 is 0 Å². The lowest BCUT2D eigenvalue weighted by atomic mass is 10.0. The van der Waals surface area contributed by atoms with Gasteiger partial charge in [0.2, 0.25) is 0 Å². The van der Waals surface area contributed by atoms with Gasteiger partial charge in [0.1, 0.15) is 11.6 Å². The van der Waals surface area contributed by atoms with Crippen LogP contribution in [-0.4, -0.2) is 47.1 Å². The molecule has 3 aromatic rings. The fraction of sp³-hybridized carbons (Fsp3) is 0.346. The third-order valence-electron chi connectivity index (χ3n) is 6.06. The number of hydrogen-bond donors (Lipinski definition) is 1. The van der Waals surface area contributed by atoms with Crippen molar-refractivity contribution in [1.29, 1.82) is 0 Å². The lowest BCUT2D eigenvalue weighted by Crippen LogP contribution is -2.50. The van der Waals surface area contributed by atoms with Gasteiger partial charge in [-0.3, -0.25) is 0 Å². The van der Waals surface area contributed by atoms with Crippen LogP contribution in [0.15, 0.2) is 42.5 Å². The molecule has 178 valence electrons. The first-order chi connectivity index (χ1) is 16.3. The summed E-state index contributed by atoms with van der Waals surface area (Å²) >= 11 is 0. The summed E-state index contributed by atoms with van der Waals surface area (Å²) in [5.74, 6) is -0.280. The summed E-state index contributed by atoms with van der Waals surface area (Å²) in [7, 11) is 0. The van der Waals surface area contributed by atoms with Crippen LogP contribution < -0.4 is 10.2 Å². The van der Waals surface area contributed by atoms with Gasteiger partial charge >= 0.3 is 6.03 Å². The maximum atomic E-state index is 13.5. The number of carbonyl (C=O) groups excluding carboxylic acids is 1. The number of aromatic nitrogens is 2. The molecule has 1 saturated heterocycles. The van der Waals surface area contributed by atoms with Crippen LogP contribution in [0.5, 0.6) is 0 Å². The van der Waals surface area contributed by atoms with Gasteiger partial charge in [-0.05, 0) is 38.0 Å². The van der Waals surface area contributed by atoms with Gasteiger partial charge in [-0.2, -0.15) is 0 Å². The molecule has 2 aromatic carbocycles. The summed E-state index contributed by atoms with van der Waals surface area (Å²) < 4.78 is 26.6. The second-order valence-electron chi connectivity index (χ2n) is 8.57. The molecule has 0 saturated carbocycles. The molecule has 8 heteroatoms. The summed E-state index contributed by atoms with van der Waals surface area (Å²) in [6, 6.07) is 11.5. The highest BCUT2D eigenvalue weighted by Gasteiger charge is 2.25. The highest BCUT2D eigenvalue weighted by atomic mass is 19.2. The number of rotatable bonds is 5.